The summed E-state index contributed by atoms with van der Waals surface area (Å²) in [6.45, 7) is 0.427. The van der Waals surface area contributed by atoms with Gasteiger partial charge in [-0.3, -0.25) is 5.43 Å². The van der Waals surface area contributed by atoms with E-state index in [0.717, 1.165) is 40.9 Å². The van der Waals surface area contributed by atoms with E-state index < -0.39 is 0 Å². The van der Waals surface area contributed by atoms with Gasteiger partial charge in [-0.1, -0.05) is 53.5 Å². The Morgan fingerprint density at radius 1 is 0.839 bits per heavy atom. The van der Waals surface area contributed by atoms with Crippen LogP contribution in [0.2, 0.25) is 10.0 Å². The number of urea groups is 1. The van der Waals surface area contributed by atoms with Gasteiger partial charge in [0.2, 0.25) is 0 Å². The number of hydrogen-bond acceptors (Lipinski definition) is 2. The number of amides is 2. The number of carbonyl (C=O) groups is 1. The second-order valence-corrected chi connectivity index (χ2v) is 8.71. The lowest BCUT2D eigenvalue weighted by Gasteiger charge is -2.19. The van der Waals surface area contributed by atoms with Crippen LogP contribution in [-0.4, -0.2) is 17.6 Å². The number of nitrogens with zero attached hydrogens (tertiary/aromatic N) is 1. The summed E-state index contributed by atoms with van der Waals surface area (Å²) in [6.07, 6.45) is 3.37. The van der Waals surface area contributed by atoms with Crippen LogP contribution in [0, 0.1) is 0 Å². The summed E-state index contributed by atoms with van der Waals surface area (Å²) in [7, 11) is 0. The maximum Gasteiger partial charge on any atom is 0.340 e. The number of hydrogen-bond donors (Lipinski definition) is 2. The van der Waals surface area contributed by atoms with Crippen molar-refractivity contribution in [1.29, 1.82) is 0 Å². The van der Waals surface area contributed by atoms with Crippen LogP contribution >= 0.6 is 23.2 Å². The lowest BCUT2D eigenvalue weighted by molar-refractivity contribution is 0.210. The molecule has 2 N–H and O–H groups in total. The summed E-state index contributed by atoms with van der Waals surface area (Å²) in [6, 6.07) is 21.2. The van der Waals surface area contributed by atoms with Gasteiger partial charge in [0.25, 0.3) is 0 Å². The first-order valence-corrected chi connectivity index (χ1v) is 11.0. The zero-order chi connectivity index (χ0) is 21.4. The number of anilines is 1. The van der Waals surface area contributed by atoms with E-state index in [1.807, 2.05) is 54.6 Å². The molecule has 0 radical (unpaired) electrons. The van der Waals surface area contributed by atoms with Crippen LogP contribution in [-0.2, 0) is 12.8 Å². The fourth-order valence-electron chi connectivity index (χ4n) is 4.18. The molecular weight excluding hydrogens is 429 g/mol. The van der Waals surface area contributed by atoms with Crippen LogP contribution in [0.15, 0.2) is 66.7 Å². The maximum atomic E-state index is 13.1. The summed E-state index contributed by atoms with van der Waals surface area (Å²) in [4.78, 5) is 13.1. The van der Waals surface area contributed by atoms with Gasteiger partial charge in [0.05, 0.1) is 12.2 Å². The van der Waals surface area contributed by atoms with Crippen LogP contribution in [0.25, 0.3) is 11.3 Å². The zero-order valence-electron chi connectivity index (χ0n) is 16.8. The Bertz CT molecular complexity index is 1110. The average molecular weight is 450 g/mol. The number of carbonyl (C=O) groups excluding carboxylic acids is 1. The third-order valence-electron chi connectivity index (χ3n) is 5.79. The quantitative estimate of drug-likeness (QED) is 0.485. The first kappa shape index (κ1) is 20.0. The van der Waals surface area contributed by atoms with E-state index in [1.165, 1.54) is 17.5 Å². The first-order valence-electron chi connectivity index (χ1n) is 10.3. The smallest absolute Gasteiger partial charge is 0.306 e. The molecule has 0 saturated carbocycles. The highest BCUT2D eigenvalue weighted by Gasteiger charge is 2.27. The molecule has 0 bridgehead atoms. The molecule has 3 aromatic carbocycles. The third kappa shape index (κ3) is 4.14. The molecule has 0 spiro atoms. The fraction of sp³-hybridized carbons (Fsp3) is 0.160. The molecule has 3 aromatic rings. The average Bonchev–Trinajstić information content (AvgIpc) is 3.42. The number of nitrogens with one attached hydrogen (secondary N) is 2. The molecule has 0 unspecified atom stereocenters. The Labute approximate surface area is 191 Å². The normalized spacial score (nSPS) is 15.1. The number of halogens is 2. The van der Waals surface area contributed by atoms with Gasteiger partial charge >= 0.3 is 6.03 Å². The number of benzene rings is 3. The predicted molar refractivity (Wildman–Crippen MR) is 127 cm³/mol. The molecule has 2 amide bonds. The second kappa shape index (κ2) is 8.29. The van der Waals surface area contributed by atoms with Crippen molar-refractivity contribution in [2.45, 2.75) is 19.3 Å². The Morgan fingerprint density at radius 2 is 1.48 bits per heavy atom. The molecule has 5 rings (SSSR count). The first-order chi connectivity index (χ1) is 15.1. The van der Waals surface area contributed by atoms with Gasteiger partial charge in [0.15, 0.2) is 0 Å². The molecular formula is C25H21Cl2N3O. The summed E-state index contributed by atoms with van der Waals surface area (Å²) >= 11 is 12.2. The summed E-state index contributed by atoms with van der Waals surface area (Å²) in [5, 5.41) is 5.97. The van der Waals surface area contributed by atoms with Crippen molar-refractivity contribution >= 4 is 46.2 Å². The minimum atomic E-state index is -0.201. The van der Waals surface area contributed by atoms with E-state index in [-0.39, 0.29) is 6.03 Å². The van der Waals surface area contributed by atoms with E-state index in [1.54, 1.807) is 5.01 Å². The minimum Gasteiger partial charge on any atom is -0.306 e. The van der Waals surface area contributed by atoms with Crippen molar-refractivity contribution < 1.29 is 4.79 Å². The molecule has 1 heterocycles. The lowest BCUT2D eigenvalue weighted by atomic mass is 10.0. The summed E-state index contributed by atoms with van der Waals surface area (Å²) < 4.78 is 0. The molecule has 156 valence electrons. The summed E-state index contributed by atoms with van der Waals surface area (Å²) in [5.41, 5.74) is 10.7. The monoisotopic (exact) mass is 449 g/mol. The molecule has 0 aromatic heterocycles. The van der Waals surface area contributed by atoms with Gasteiger partial charge < -0.3 is 5.32 Å². The van der Waals surface area contributed by atoms with E-state index in [4.69, 9.17) is 23.2 Å². The molecule has 1 aliphatic carbocycles. The highest BCUT2D eigenvalue weighted by atomic mass is 35.5. The van der Waals surface area contributed by atoms with Crippen molar-refractivity contribution in [2.24, 2.45) is 0 Å². The molecule has 0 fully saturated rings. The van der Waals surface area contributed by atoms with E-state index in [2.05, 4.69) is 22.9 Å². The van der Waals surface area contributed by atoms with Gasteiger partial charge in [0, 0.05) is 21.3 Å². The Balaban J connectivity index is 1.41. The molecule has 4 nitrogen and oxygen atoms in total. The Kier molecular flexibility index (Phi) is 5.34. The van der Waals surface area contributed by atoms with E-state index in [0.29, 0.717) is 16.6 Å². The number of fused-ring (bicyclic) bond motifs is 1. The van der Waals surface area contributed by atoms with Crippen molar-refractivity contribution in [2.75, 3.05) is 11.9 Å². The van der Waals surface area contributed by atoms with Gasteiger partial charge in [-0.25, -0.2) is 9.80 Å². The van der Waals surface area contributed by atoms with Crippen LogP contribution in [0.4, 0.5) is 10.5 Å². The van der Waals surface area contributed by atoms with Crippen molar-refractivity contribution in [3.05, 3.63) is 99.0 Å². The maximum absolute atomic E-state index is 13.1. The topological polar surface area (TPSA) is 44.4 Å². The molecule has 2 aliphatic rings. The van der Waals surface area contributed by atoms with Crippen LogP contribution in [0.5, 0.6) is 0 Å². The summed E-state index contributed by atoms with van der Waals surface area (Å²) in [5.74, 6) is 0. The molecule has 31 heavy (non-hydrogen) atoms. The van der Waals surface area contributed by atoms with Gasteiger partial charge in [0.1, 0.15) is 0 Å². The lowest BCUT2D eigenvalue weighted by Crippen LogP contribution is -2.40. The van der Waals surface area contributed by atoms with Crippen molar-refractivity contribution in [3.63, 3.8) is 0 Å². The number of rotatable bonds is 3. The Hall–Kier alpha value is -2.95. The predicted octanol–water partition coefficient (Wildman–Crippen LogP) is 6.40. The molecule has 1 aliphatic heterocycles. The van der Waals surface area contributed by atoms with E-state index >= 15 is 0 Å². The van der Waals surface area contributed by atoms with Crippen molar-refractivity contribution in [3.8, 4) is 0 Å². The number of aryl methyl sites for hydroxylation is 2. The standard InChI is InChI=1S/C25H21Cl2N3O/c26-20-9-4-17(5-10-20)23-15-30(29-24(23)18-6-11-21(27)12-7-18)25(31)28-22-13-8-16-2-1-3-19(16)14-22/h4-14,29H,1-3,15H2,(H,28,31). The van der Waals surface area contributed by atoms with Crippen LogP contribution in [0.1, 0.15) is 28.7 Å². The fourth-order valence-corrected chi connectivity index (χ4v) is 4.44. The van der Waals surface area contributed by atoms with Crippen LogP contribution in [0.3, 0.4) is 0 Å². The third-order valence-corrected chi connectivity index (χ3v) is 6.29. The minimum absolute atomic E-state index is 0.201. The molecule has 6 heteroatoms. The highest BCUT2D eigenvalue weighted by molar-refractivity contribution is 6.31. The second-order valence-electron chi connectivity index (χ2n) is 7.83. The van der Waals surface area contributed by atoms with Gasteiger partial charge in [-0.15, -0.1) is 0 Å². The molecule has 0 atom stereocenters. The molecule has 0 saturated heterocycles. The Morgan fingerprint density at radius 3 is 2.19 bits per heavy atom. The SMILES string of the molecule is O=C(Nc1ccc2c(c1)CCC2)N1CC(c2ccc(Cl)cc2)=C(c2ccc(Cl)cc2)N1. The van der Waals surface area contributed by atoms with E-state index in [9.17, 15) is 4.79 Å². The number of hydrazine groups is 1. The van der Waals surface area contributed by atoms with Crippen molar-refractivity contribution in [1.82, 2.24) is 10.4 Å². The largest absolute Gasteiger partial charge is 0.340 e. The van der Waals surface area contributed by atoms with Gasteiger partial charge in [-0.2, -0.15) is 0 Å². The van der Waals surface area contributed by atoms with Crippen LogP contribution < -0.4 is 10.7 Å². The van der Waals surface area contributed by atoms with Gasteiger partial charge in [-0.05, 0) is 77.9 Å². The highest BCUT2D eigenvalue weighted by Crippen LogP contribution is 2.32. The zero-order valence-corrected chi connectivity index (χ0v) is 18.3.